The third-order valence-corrected chi connectivity index (χ3v) is 3.92. The normalized spacial score (nSPS) is 13.5. The molecule has 5 heteroatoms. The first kappa shape index (κ1) is 17.5. The molecule has 0 spiro atoms. The van der Waals surface area contributed by atoms with Gasteiger partial charge in [0.15, 0.2) is 0 Å². The highest BCUT2D eigenvalue weighted by Gasteiger charge is 2.13. The van der Waals surface area contributed by atoms with Gasteiger partial charge in [0, 0.05) is 16.6 Å². The molecule has 0 aliphatic rings. The minimum atomic E-state index is -0.775. The first-order valence-corrected chi connectivity index (χ1v) is 7.49. The van der Waals surface area contributed by atoms with Gasteiger partial charge in [-0.2, -0.15) is 0 Å². The van der Waals surface area contributed by atoms with E-state index < -0.39 is 5.97 Å². The highest BCUT2D eigenvalue weighted by atomic mass is 35.5. The van der Waals surface area contributed by atoms with Crippen molar-refractivity contribution in [1.29, 1.82) is 0 Å². The van der Waals surface area contributed by atoms with E-state index in [1.165, 1.54) is 0 Å². The zero-order valence-corrected chi connectivity index (χ0v) is 13.4. The fourth-order valence-corrected chi connectivity index (χ4v) is 2.14. The van der Waals surface area contributed by atoms with Gasteiger partial charge >= 0.3 is 5.97 Å². The molecule has 1 rings (SSSR count). The number of halogens is 1. The van der Waals surface area contributed by atoms with Crippen LogP contribution in [0.5, 0.6) is 0 Å². The van der Waals surface area contributed by atoms with Crippen LogP contribution in [0.15, 0.2) is 18.2 Å². The van der Waals surface area contributed by atoms with Crippen molar-refractivity contribution in [2.24, 2.45) is 5.92 Å². The third-order valence-electron chi connectivity index (χ3n) is 3.49. The van der Waals surface area contributed by atoms with E-state index in [9.17, 15) is 9.59 Å². The maximum Gasteiger partial charge on any atom is 0.306 e. The number of carbonyl (C=O) groups is 2. The summed E-state index contributed by atoms with van der Waals surface area (Å²) in [6, 6.07) is 5.18. The average Bonchev–Trinajstić information content (AvgIpc) is 2.41. The predicted molar refractivity (Wildman–Crippen MR) is 83.8 cm³/mol. The second kappa shape index (κ2) is 8.03. The van der Waals surface area contributed by atoms with Gasteiger partial charge in [-0.15, -0.1) is 0 Å². The number of carboxylic acid groups (broad SMARTS) is 1. The molecule has 2 unspecified atom stereocenters. The zero-order valence-electron chi connectivity index (χ0n) is 12.6. The standard InChI is InChI=1S/C16H22ClNO3/c1-10(16(20)21)5-4-6-12(3)18-15(19)13-7-8-14(17)11(2)9-13/h7-10,12H,4-6H2,1-3H3,(H,18,19)(H,20,21). The number of hydrogen-bond acceptors (Lipinski definition) is 2. The largest absolute Gasteiger partial charge is 0.481 e. The second-order valence-electron chi connectivity index (χ2n) is 5.51. The molecular formula is C16H22ClNO3. The Bertz CT molecular complexity index is 516. The van der Waals surface area contributed by atoms with E-state index >= 15 is 0 Å². The van der Waals surface area contributed by atoms with Crippen molar-refractivity contribution in [3.05, 3.63) is 34.3 Å². The van der Waals surface area contributed by atoms with Crippen LogP contribution < -0.4 is 5.32 Å². The summed E-state index contributed by atoms with van der Waals surface area (Å²) < 4.78 is 0. The van der Waals surface area contributed by atoms with Crippen molar-refractivity contribution in [3.63, 3.8) is 0 Å². The lowest BCUT2D eigenvalue weighted by Crippen LogP contribution is -2.32. The van der Waals surface area contributed by atoms with E-state index in [0.717, 1.165) is 18.4 Å². The molecule has 1 aromatic rings. The van der Waals surface area contributed by atoms with Crippen LogP contribution >= 0.6 is 11.6 Å². The van der Waals surface area contributed by atoms with E-state index in [2.05, 4.69) is 5.32 Å². The van der Waals surface area contributed by atoms with Gasteiger partial charge in [0.2, 0.25) is 0 Å². The number of aryl methyl sites for hydroxylation is 1. The molecule has 0 aromatic heterocycles. The fourth-order valence-electron chi connectivity index (χ4n) is 2.02. The highest BCUT2D eigenvalue weighted by Crippen LogP contribution is 2.16. The number of rotatable bonds is 7. The molecule has 1 aromatic carbocycles. The van der Waals surface area contributed by atoms with Gasteiger partial charge in [-0.1, -0.05) is 24.9 Å². The number of carboxylic acids is 1. The Hall–Kier alpha value is -1.55. The average molecular weight is 312 g/mol. The molecular weight excluding hydrogens is 290 g/mol. The Labute approximate surface area is 130 Å². The lowest BCUT2D eigenvalue weighted by molar-refractivity contribution is -0.141. The van der Waals surface area contributed by atoms with Gasteiger partial charge in [-0.25, -0.2) is 0 Å². The minimum Gasteiger partial charge on any atom is -0.481 e. The zero-order chi connectivity index (χ0) is 16.0. The quantitative estimate of drug-likeness (QED) is 0.807. The first-order chi connectivity index (χ1) is 9.81. The Morgan fingerprint density at radius 1 is 1.29 bits per heavy atom. The minimum absolute atomic E-state index is 0.00878. The lowest BCUT2D eigenvalue weighted by atomic mass is 10.0. The summed E-state index contributed by atoms with van der Waals surface area (Å²) in [5.41, 5.74) is 1.45. The molecule has 0 heterocycles. The van der Waals surface area contributed by atoms with Crippen LogP contribution in [-0.4, -0.2) is 23.0 Å². The van der Waals surface area contributed by atoms with E-state index in [-0.39, 0.29) is 17.9 Å². The summed E-state index contributed by atoms with van der Waals surface area (Å²) in [7, 11) is 0. The van der Waals surface area contributed by atoms with E-state index in [1.807, 2.05) is 13.8 Å². The molecule has 116 valence electrons. The molecule has 0 aliphatic carbocycles. The molecule has 2 N–H and O–H groups in total. The first-order valence-electron chi connectivity index (χ1n) is 7.11. The smallest absolute Gasteiger partial charge is 0.306 e. The van der Waals surface area contributed by atoms with Crippen molar-refractivity contribution in [3.8, 4) is 0 Å². The van der Waals surface area contributed by atoms with Crippen LogP contribution in [0.25, 0.3) is 0 Å². The van der Waals surface area contributed by atoms with Crippen LogP contribution in [0.3, 0.4) is 0 Å². The van der Waals surface area contributed by atoms with Crippen LogP contribution in [0.4, 0.5) is 0 Å². The predicted octanol–water partition coefficient (Wildman–Crippen LogP) is 3.66. The van der Waals surface area contributed by atoms with Crippen molar-refractivity contribution in [2.45, 2.75) is 46.1 Å². The maximum absolute atomic E-state index is 12.1. The van der Waals surface area contributed by atoms with Crippen molar-refractivity contribution in [1.82, 2.24) is 5.32 Å². The maximum atomic E-state index is 12.1. The number of nitrogens with one attached hydrogen (secondary N) is 1. The molecule has 1 amide bonds. The Kier molecular flexibility index (Phi) is 6.69. The summed E-state index contributed by atoms with van der Waals surface area (Å²) >= 11 is 5.94. The lowest BCUT2D eigenvalue weighted by Gasteiger charge is -2.15. The summed E-state index contributed by atoms with van der Waals surface area (Å²) in [5.74, 6) is -1.25. The number of carbonyl (C=O) groups excluding carboxylic acids is 1. The van der Waals surface area contributed by atoms with Crippen molar-refractivity contribution < 1.29 is 14.7 Å². The van der Waals surface area contributed by atoms with Gasteiger partial charge in [0.25, 0.3) is 5.91 Å². The molecule has 0 fully saturated rings. The highest BCUT2D eigenvalue weighted by molar-refractivity contribution is 6.31. The van der Waals surface area contributed by atoms with Crippen LogP contribution in [0.2, 0.25) is 5.02 Å². The number of amides is 1. The molecule has 0 bridgehead atoms. The van der Waals surface area contributed by atoms with E-state index in [4.69, 9.17) is 16.7 Å². The number of aliphatic carboxylic acids is 1. The SMILES string of the molecule is Cc1cc(C(=O)NC(C)CCCC(C)C(=O)O)ccc1Cl. The molecule has 2 atom stereocenters. The van der Waals surface area contributed by atoms with Crippen LogP contribution in [-0.2, 0) is 4.79 Å². The Balaban J connectivity index is 2.43. The molecule has 21 heavy (non-hydrogen) atoms. The van der Waals surface area contributed by atoms with E-state index in [0.29, 0.717) is 17.0 Å². The summed E-state index contributed by atoms with van der Waals surface area (Å²) in [6.07, 6.45) is 2.15. The van der Waals surface area contributed by atoms with Gasteiger partial charge in [-0.3, -0.25) is 9.59 Å². The summed E-state index contributed by atoms with van der Waals surface area (Å²) in [6.45, 7) is 5.48. The summed E-state index contributed by atoms with van der Waals surface area (Å²) in [5, 5.41) is 12.4. The van der Waals surface area contributed by atoms with Gasteiger partial charge in [0.1, 0.15) is 0 Å². The molecule has 4 nitrogen and oxygen atoms in total. The molecule has 0 saturated heterocycles. The second-order valence-corrected chi connectivity index (χ2v) is 5.92. The molecule has 0 aliphatic heterocycles. The Morgan fingerprint density at radius 3 is 2.52 bits per heavy atom. The van der Waals surface area contributed by atoms with Crippen molar-refractivity contribution in [2.75, 3.05) is 0 Å². The monoisotopic (exact) mass is 311 g/mol. The van der Waals surface area contributed by atoms with Gasteiger partial charge in [0.05, 0.1) is 5.92 Å². The van der Waals surface area contributed by atoms with Crippen LogP contribution in [0.1, 0.15) is 49.0 Å². The molecule has 0 saturated carbocycles. The summed E-state index contributed by atoms with van der Waals surface area (Å²) in [4.78, 5) is 22.8. The third kappa shape index (κ3) is 5.76. The fraction of sp³-hybridized carbons (Fsp3) is 0.500. The van der Waals surface area contributed by atoms with Gasteiger partial charge in [-0.05, 0) is 50.5 Å². The Morgan fingerprint density at radius 2 is 1.95 bits per heavy atom. The van der Waals surface area contributed by atoms with Crippen LogP contribution in [0, 0.1) is 12.8 Å². The number of hydrogen-bond donors (Lipinski definition) is 2. The van der Waals surface area contributed by atoms with Gasteiger partial charge < -0.3 is 10.4 Å². The van der Waals surface area contributed by atoms with Crippen molar-refractivity contribution >= 4 is 23.5 Å². The molecule has 0 radical (unpaired) electrons. The topological polar surface area (TPSA) is 66.4 Å². The van der Waals surface area contributed by atoms with E-state index in [1.54, 1.807) is 25.1 Å². The number of benzene rings is 1.